The molecule has 0 aliphatic carbocycles. The lowest BCUT2D eigenvalue weighted by molar-refractivity contribution is 0.0939. The summed E-state index contributed by atoms with van der Waals surface area (Å²) in [4.78, 5) is 0. The van der Waals surface area contributed by atoms with E-state index in [9.17, 15) is 8.42 Å². The number of nitrogens with zero attached hydrogens (tertiary/aromatic N) is 1. The summed E-state index contributed by atoms with van der Waals surface area (Å²) in [5.41, 5.74) is 0. The number of aliphatic hydroxyl groups is 1. The number of sulfonamides is 1. The smallest absolute Gasteiger partial charge is 0.211 e. The molecule has 0 aliphatic heterocycles. The molecule has 7 heteroatoms. The van der Waals surface area contributed by atoms with E-state index in [0.29, 0.717) is 32.8 Å². The zero-order valence-electron chi connectivity index (χ0n) is 10.7. The van der Waals surface area contributed by atoms with Crippen molar-refractivity contribution in [2.75, 3.05) is 52.3 Å². The molecule has 6 nitrogen and oxygen atoms in total. The second-order valence-electron chi connectivity index (χ2n) is 3.69. The molecule has 2 N–H and O–H groups in total. The van der Waals surface area contributed by atoms with E-state index in [1.807, 2.05) is 6.92 Å². The van der Waals surface area contributed by atoms with Crippen LogP contribution >= 0.6 is 0 Å². The van der Waals surface area contributed by atoms with Crippen molar-refractivity contribution in [2.24, 2.45) is 0 Å². The van der Waals surface area contributed by atoms with Crippen molar-refractivity contribution in [1.82, 2.24) is 9.62 Å². The van der Waals surface area contributed by atoms with E-state index in [0.717, 1.165) is 13.0 Å². The van der Waals surface area contributed by atoms with Crippen molar-refractivity contribution >= 4 is 10.0 Å². The number of nitrogens with one attached hydrogen (secondary N) is 1. The average Bonchev–Trinajstić information content (AvgIpc) is 2.25. The van der Waals surface area contributed by atoms with Crippen molar-refractivity contribution in [2.45, 2.75) is 13.3 Å². The standard InChI is InChI=1S/C10H24N2O4S/c1-3-12(17(2,14)15)7-4-5-11-6-9-16-10-8-13/h11,13H,3-10H2,1-2H3. The number of hydrogen-bond donors (Lipinski definition) is 2. The fraction of sp³-hybridized carbons (Fsp3) is 1.00. The molecule has 0 fully saturated rings. The molecule has 0 saturated heterocycles. The lowest BCUT2D eigenvalue weighted by Crippen LogP contribution is -2.32. The van der Waals surface area contributed by atoms with Gasteiger partial charge >= 0.3 is 0 Å². The van der Waals surface area contributed by atoms with Gasteiger partial charge in [-0.2, -0.15) is 0 Å². The van der Waals surface area contributed by atoms with Crippen LogP contribution in [0.5, 0.6) is 0 Å². The zero-order valence-corrected chi connectivity index (χ0v) is 11.5. The third-order valence-electron chi connectivity index (χ3n) is 2.24. The summed E-state index contributed by atoms with van der Waals surface area (Å²) >= 11 is 0. The first kappa shape index (κ1) is 16.8. The van der Waals surface area contributed by atoms with Crippen LogP contribution in [-0.2, 0) is 14.8 Å². The molecule has 0 saturated carbocycles. The van der Waals surface area contributed by atoms with Crippen molar-refractivity contribution in [3.8, 4) is 0 Å². The average molecular weight is 268 g/mol. The molecule has 0 amide bonds. The Hall–Kier alpha value is -0.210. The Morgan fingerprint density at radius 3 is 2.53 bits per heavy atom. The van der Waals surface area contributed by atoms with Gasteiger partial charge in [0.2, 0.25) is 10.0 Å². The third-order valence-corrected chi connectivity index (χ3v) is 3.62. The first-order valence-electron chi connectivity index (χ1n) is 5.86. The van der Waals surface area contributed by atoms with E-state index in [1.165, 1.54) is 10.6 Å². The van der Waals surface area contributed by atoms with Crippen LogP contribution in [0.1, 0.15) is 13.3 Å². The van der Waals surface area contributed by atoms with Gasteiger partial charge in [0.05, 0.1) is 26.1 Å². The molecule has 0 unspecified atom stereocenters. The van der Waals surface area contributed by atoms with Gasteiger partial charge in [0.15, 0.2) is 0 Å². The summed E-state index contributed by atoms with van der Waals surface area (Å²) in [5, 5.41) is 11.6. The van der Waals surface area contributed by atoms with Crippen molar-refractivity contribution < 1.29 is 18.3 Å². The van der Waals surface area contributed by atoms with E-state index in [1.54, 1.807) is 0 Å². The molecular formula is C10H24N2O4S. The Balaban J connectivity index is 3.44. The molecule has 0 atom stereocenters. The molecule has 0 bridgehead atoms. The van der Waals surface area contributed by atoms with Gasteiger partial charge in [-0.05, 0) is 13.0 Å². The van der Waals surface area contributed by atoms with Crippen molar-refractivity contribution in [3.05, 3.63) is 0 Å². The van der Waals surface area contributed by atoms with Gasteiger partial charge in [0, 0.05) is 19.6 Å². The fourth-order valence-corrected chi connectivity index (χ4v) is 2.30. The second-order valence-corrected chi connectivity index (χ2v) is 5.68. The predicted molar refractivity (Wildman–Crippen MR) is 67.5 cm³/mol. The zero-order chi connectivity index (χ0) is 13.1. The minimum atomic E-state index is -3.07. The minimum absolute atomic E-state index is 0.0415. The molecule has 104 valence electrons. The maximum atomic E-state index is 11.3. The van der Waals surface area contributed by atoms with Crippen LogP contribution in [-0.4, -0.2) is 70.1 Å². The Labute approximate surface area is 104 Å². The second kappa shape index (κ2) is 9.78. The molecule has 0 aromatic heterocycles. The van der Waals surface area contributed by atoms with Gasteiger partial charge in [-0.1, -0.05) is 6.92 Å². The molecule has 0 aliphatic rings. The van der Waals surface area contributed by atoms with E-state index in [2.05, 4.69) is 5.32 Å². The SMILES string of the molecule is CCN(CCCNCCOCCO)S(C)(=O)=O. The van der Waals surface area contributed by atoms with Crippen molar-refractivity contribution in [1.29, 1.82) is 0 Å². The third kappa shape index (κ3) is 9.49. The van der Waals surface area contributed by atoms with Crippen LogP contribution in [0.15, 0.2) is 0 Å². The van der Waals surface area contributed by atoms with Gasteiger partial charge in [-0.25, -0.2) is 12.7 Å². The largest absolute Gasteiger partial charge is 0.394 e. The predicted octanol–water partition coefficient (Wildman–Crippen LogP) is -0.743. The fourth-order valence-electron chi connectivity index (χ4n) is 1.37. The highest BCUT2D eigenvalue weighted by Gasteiger charge is 2.12. The monoisotopic (exact) mass is 268 g/mol. The molecule has 17 heavy (non-hydrogen) atoms. The van der Waals surface area contributed by atoms with Gasteiger partial charge in [-0.3, -0.25) is 0 Å². The van der Waals surface area contributed by atoms with E-state index in [4.69, 9.17) is 9.84 Å². The lowest BCUT2D eigenvalue weighted by Gasteiger charge is -2.17. The summed E-state index contributed by atoms with van der Waals surface area (Å²) in [6, 6.07) is 0. The first-order valence-corrected chi connectivity index (χ1v) is 7.71. The van der Waals surface area contributed by atoms with Gasteiger partial charge in [0.25, 0.3) is 0 Å². The van der Waals surface area contributed by atoms with E-state index in [-0.39, 0.29) is 6.61 Å². The summed E-state index contributed by atoms with van der Waals surface area (Å²) in [5.74, 6) is 0. The van der Waals surface area contributed by atoms with Gasteiger partial charge < -0.3 is 15.2 Å². The number of hydrogen-bond acceptors (Lipinski definition) is 5. The Morgan fingerprint density at radius 2 is 2.00 bits per heavy atom. The number of ether oxygens (including phenoxy) is 1. The quantitative estimate of drug-likeness (QED) is 0.482. The normalized spacial score (nSPS) is 12.2. The molecule has 0 heterocycles. The highest BCUT2D eigenvalue weighted by Crippen LogP contribution is 1.97. The van der Waals surface area contributed by atoms with Crippen LogP contribution in [0.4, 0.5) is 0 Å². The van der Waals surface area contributed by atoms with E-state index >= 15 is 0 Å². The van der Waals surface area contributed by atoms with Crippen molar-refractivity contribution in [3.63, 3.8) is 0 Å². The lowest BCUT2D eigenvalue weighted by atomic mass is 10.4. The molecule has 0 radical (unpaired) electrons. The molecule has 0 spiro atoms. The van der Waals surface area contributed by atoms with Gasteiger partial charge in [0.1, 0.15) is 0 Å². The molecule has 0 aromatic rings. The van der Waals surface area contributed by atoms with Gasteiger partial charge in [-0.15, -0.1) is 0 Å². The molecular weight excluding hydrogens is 244 g/mol. The first-order chi connectivity index (χ1) is 8.02. The van der Waals surface area contributed by atoms with Crippen LogP contribution in [0.25, 0.3) is 0 Å². The Kier molecular flexibility index (Phi) is 9.66. The molecule has 0 rings (SSSR count). The maximum Gasteiger partial charge on any atom is 0.211 e. The summed E-state index contributed by atoms with van der Waals surface area (Å²) < 4.78 is 29.0. The Morgan fingerprint density at radius 1 is 1.29 bits per heavy atom. The topological polar surface area (TPSA) is 78.9 Å². The van der Waals surface area contributed by atoms with Crippen LogP contribution in [0.3, 0.4) is 0 Å². The van der Waals surface area contributed by atoms with Crippen LogP contribution in [0, 0.1) is 0 Å². The Bertz CT molecular complexity index is 269. The highest BCUT2D eigenvalue weighted by atomic mass is 32.2. The number of rotatable bonds is 11. The molecule has 0 aromatic carbocycles. The summed E-state index contributed by atoms with van der Waals surface area (Å²) in [6.07, 6.45) is 2.01. The van der Waals surface area contributed by atoms with E-state index < -0.39 is 10.0 Å². The van der Waals surface area contributed by atoms with Crippen LogP contribution in [0.2, 0.25) is 0 Å². The maximum absolute atomic E-state index is 11.3. The highest BCUT2D eigenvalue weighted by molar-refractivity contribution is 7.88. The summed E-state index contributed by atoms with van der Waals surface area (Å²) in [7, 11) is -3.07. The van der Waals surface area contributed by atoms with Crippen LogP contribution < -0.4 is 5.32 Å². The summed E-state index contributed by atoms with van der Waals surface area (Å²) in [6.45, 7) is 5.32. The minimum Gasteiger partial charge on any atom is -0.394 e. The number of aliphatic hydroxyl groups excluding tert-OH is 1.